The topological polar surface area (TPSA) is 35.8 Å². The molecule has 0 atom stereocenters. The maximum Gasteiger partial charge on any atom is 0.0992 e. The molecular weight excluding hydrogens is 315 g/mol. The summed E-state index contributed by atoms with van der Waals surface area (Å²) in [5.74, 6) is 0. The zero-order valence-electron chi connectivity index (χ0n) is 10.7. The molecule has 2 aromatic rings. The van der Waals surface area contributed by atoms with Crippen molar-refractivity contribution >= 4 is 40.5 Å². The Morgan fingerprint density at radius 3 is 2.50 bits per heavy atom. The highest BCUT2D eigenvalue weighted by atomic mass is 35.5. The van der Waals surface area contributed by atoms with Crippen LogP contribution in [-0.4, -0.2) is 0 Å². The molecule has 0 amide bonds. The largest absolute Gasteiger partial charge is 0.381 e. The highest BCUT2D eigenvalue weighted by Gasteiger charge is 2.10. The van der Waals surface area contributed by atoms with E-state index >= 15 is 0 Å². The Morgan fingerprint density at radius 1 is 1.10 bits per heavy atom. The third-order valence-electron chi connectivity index (χ3n) is 2.96. The van der Waals surface area contributed by atoms with E-state index in [1.807, 2.05) is 13.0 Å². The number of hydrogen-bond donors (Lipinski definition) is 1. The number of rotatable bonds is 3. The van der Waals surface area contributed by atoms with Gasteiger partial charge in [0.1, 0.15) is 0 Å². The summed E-state index contributed by atoms with van der Waals surface area (Å²) >= 11 is 18.3. The molecule has 20 heavy (non-hydrogen) atoms. The molecule has 2 rings (SSSR count). The molecule has 102 valence electrons. The van der Waals surface area contributed by atoms with Crippen LogP contribution in [0.4, 0.5) is 5.69 Å². The van der Waals surface area contributed by atoms with E-state index in [9.17, 15) is 0 Å². The number of anilines is 1. The first kappa shape index (κ1) is 15.0. The van der Waals surface area contributed by atoms with E-state index in [-0.39, 0.29) is 0 Å². The summed E-state index contributed by atoms with van der Waals surface area (Å²) in [6.45, 7) is 2.40. The second kappa shape index (κ2) is 6.37. The molecule has 0 aliphatic carbocycles. The molecule has 0 aliphatic rings. The molecule has 0 unspecified atom stereocenters. The van der Waals surface area contributed by atoms with Gasteiger partial charge in [0.2, 0.25) is 0 Å². The van der Waals surface area contributed by atoms with Crippen molar-refractivity contribution < 1.29 is 0 Å². The van der Waals surface area contributed by atoms with Crippen LogP contribution in [0.25, 0.3) is 0 Å². The Kier molecular flexibility index (Phi) is 4.77. The van der Waals surface area contributed by atoms with Gasteiger partial charge in [-0.25, -0.2) is 0 Å². The Balaban J connectivity index is 2.26. The Hall–Kier alpha value is -1.40. The molecule has 0 saturated carbocycles. The third-order valence-corrected chi connectivity index (χ3v) is 4.16. The fraction of sp³-hybridized carbons (Fsp3) is 0.133. The second-order valence-electron chi connectivity index (χ2n) is 4.32. The van der Waals surface area contributed by atoms with Gasteiger partial charge in [-0.1, -0.05) is 40.9 Å². The Bertz CT molecular complexity index is 690. The summed E-state index contributed by atoms with van der Waals surface area (Å²) in [6.07, 6.45) is 0. The maximum absolute atomic E-state index is 8.93. The van der Waals surface area contributed by atoms with Gasteiger partial charge in [0.05, 0.1) is 21.7 Å². The highest BCUT2D eigenvalue weighted by Crippen LogP contribution is 2.32. The predicted octanol–water partition coefficient (Wildman–Crippen LogP) is 5.44. The molecule has 0 aromatic heterocycles. The van der Waals surface area contributed by atoms with Crippen molar-refractivity contribution in [3.05, 3.63) is 62.1 Å². The zero-order valence-corrected chi connectivity index (χ0v) is 12.9. The van der Waals surface area contributed by atoms with Gasteiger partial charge in [0.15, 0.2) is 0 Å². The fourth-order valence-corrected chi connectivity index (χ4v) is 2.48. The molecule has 0 radical (unpaired) electrons. The monoisotopic (exact) mass is 324 g/mol. The lowest BCUT2D eigenvalue weighted by Crippen LogP contribution is -2.03. The third kappa shape index (κ3) is 3.19. The molecule has 0 saturated heterocycles. The molecule has 2 aromatic carbocycles. The average molecular weight is 326 g/mol. The van der Waals surface area contributed by atoms with Crippen molar-refractivity contribution in [2.75, 3.05) is 5.32 Å². The van der Waals surface area contributed by atoms with Crippen LogP contribution in [0.5, 0.6) is 0 Å². The van der Waals surface area contributed by atoms with Crippen LogP contribution in [0.1, 0.15) is 16.7 Å². The Labute approximate surface area is 132 Å². The summed E-state index contributed by atoms with van der Waals surface area (Å²) in [7, 11) is 0. The van der Waals surface area contributed by atoms with E-state index in [0.29, 0.717) is 27.2 Å². The normalized spacial score (nSPS) is 10.2. The summed E-state index contributed by atoms with van der Waals surface area (Å²) < 4.78 is 0. The van der Waals surface area contributed by atoms with Gasteiger partial charge in [-0.15, -0.1) is 0 Å². The van der Waals surface area contributed by atoms with E-state index in [1.165, 1.54) is 0 Å². The highest BCUT2D eigenvalue weighted by molar-refractivity contribution is 6.44. The number of benzene rings is 2. The van der Waals surface area contributed by atoms with Gasteiger partial charge in [-0.3, -0.25) is 0 Å². The SMILES string of the molecule is Cc1ccc(C#N)cc1NCc1c(Cl)ccc(Cl)c1Cl. The number of hydrogen-bond acceptors (Lipinski definition) is 2. The molecule has 5 heteroatoms. The van der Waals surface area contributed by atoms with E-state index in [0.717, 1.165) is 16.8 Å². The molecule has 0 heterocycles. The van der Waals surface area contributed by atoms with Crippen molar-refractivity contribution in [3.63, 3.8) is 0 Å². The van der Waals surface area contributed by atoms with Crippen molar-refractivity contribution in [3.8, 4) is 6.07 Å². The van der Waals surface area contributed by atoms with Gasteiger partial charge >= 0.3 is 0 Å². The van der Waals surface area contributed by atoms with E-state index in [4.69, 9.17) is 40.1 Å². The van der Waals surface area contributed by atoms with Crippen LogP contribution in [0.3, 0.4) is 0 Å². The molecular formula is C15H11Cl3N2. The average Bonchev–Trinajstić information content (AvgIpc) is 2.45. The molecule has 0 fully saturated rings. The summed E-state index contributed by atoms with van der Waals surface area (Å²) in [5.41, 5.74) is 3.25. The lowest BCUT2D eigenvalue weighted by molar-refractivity contribution is 1.14. The number of nitrogens with one attached hydrogen (secondary N) is 1. The van der Waals surface area contributed by atoms with Crippen molar-refractivity contribution in [1.82, 2.24) is 0 Å². The van der Waals surface area contributed by atoms with Crippen LogP contribution in [-0.2, 0) is 6.54 Å². The summed E-state index contributed by atoms with van der Waals surface area (Å²) in [4.78, 5) is 0. The second-order valence-corrected chi connectivity index (χ2v) is 5.51. The minimum absolute atomic E-state index is 0.438. The summed E-state index contributed by atoms with van der Waals surface area (Å²) in [5, 5.41) is 13.6. The van der Waals surface area contributed by atoms with Gasteiger partial charge in [-0.05, 0) is 36.8 Å². The van der Waals surface area contributed by atoms with Crippen molar-refractivity contribution in [2.45, 2.75) is 13.5 Å². The zero-order chi connectivity index (χ0) is 14.7. The minimum atomic E-state index is 0.438. The number of nitriles is 1. The van der Waals surface area contributed by atoms with Crippen molar-refractivity contribution in [2.24, 2.45) is 0 Å². The standard InChI is InChI=1S/C15H11Cl3N2/c1-9-2-3-10(7-19)6-14(9)20-8-11-12(16)4-5-13(17)15(11)18/h2-6,20H,8H2,1H3. The first-order chi connectivity index (χ1) is 9.52. The first-order valence-corrected chi connectivity index (χ1v) is 7.03. The number of halogens is 3. The van der Waals surface area contributed by atoms with Gasteiger partial charge in [0.25, 0.3) is 0 Å². The fourth-order valence-electron chi connectivity index (χ4n) is 1.80. The smallest absolute Gasteiger partial charge is 0.0992 e. The predicted molar refractivity (Wildman–Crippen MR) is 84.7 cm³/mol. The van der Waals surface area contributed by atoms with Crippen LogP contribution >= 0.6 is 34.8 Å². The molecule has 0 aliphatic heterocycles. The van der Waals surface area contributed by atoms with Gasteiger partial charge < -0.3 is 5.32 Å². The Morgan fingerprint density at radius 2 is 1.80 bits per heavy atom. The number of aryl methyl sites for hydroxylation is 1. The van der Waals surface area contributed by atoms with Crippen LogP contribution in [0.15, 0.2) is 30.3 Å². The van der Waals surface area contributed by atoms with Crippen molar-refractivity contribution in [1.29, 1.82) is 5.26 Å². The molecule has 1 N–H and O–H groups in total. The van der Waals surface area contributed by atoms with Crippen LogP contribution < -0.4 is 5.32 Å². The summed E-state index contributed by atoms with van der Waals surface area (Å²) in [6, 6.07) is 11.0. The minimum Gasteiger partial charge on any atom is -0.381 e. The van der Waals surface area contributed by atoms with Crippen LogP contribution in [0, 0.1) is 18.3 Å². The van der Waals surface area contributed by atoms with E-state index < -0.39 is 0 Å². The lowest BCUT2D eigenvalue weighted by Gasteiger charge is -2.13. The quantitative estimate of drug-likeness (QED) is 0.763. The first-order valence-electron chi connectivity index (χ1n) is 5.90. The molecule has 2 nitrogen and oxygen atoms in total. The van der Waals surface area contributed by atoms with E-state index in [2.05, 4.69) is 11.4 Å². The van der Waals surface area contributed by atoms with Crippen LogP contribution in [0.2, 0.25) is 15.1 Å². The van der Waals surface area contributed by atoms with E-state index in [1.54, 1.807) is 24.3 Å². The maximum atomic E-state index is 8.93. The molecule has 0 spiro atoms. The van der Waals surface area contributed by atoms with Gasteiger partial charge in [-0.2, -0.15) is 5.26 Å². The number of nitrogens with zero attached hydrogens (tertiary/aromatic N) is 1. The lowest BCUT2D eigenvalue weighted by atomic mass is 10.1. The van der Waals surface area contributed by atoms with Gasteiger partial charge in [0, 0.05) is 22.8 Å². The molecule has 0 bridgehead atoms.